The van der Waals surface area contributed by atoms with Crippen molar-refractivity contribution in [3.8, 4) is 11.3 Å². The van der Waals surface area contributed by atoms with Crippen molar-refractivity contribution in [1.29, 1.82) is 0 Å². The van der Waals surface area contributed by atoms with Crippen LogP contribution in [0.5, 0.6) is 0 Å². The van der Waals surface area contributed by atoms with Crippen molar-refractivity contribution < 1.29 is 27.3 Å². The second-order valence-electron chi connectivity index (χ2n) is 10.7. The number of nitrogens with one attached hydrogen (secondary N) is 2. The predicted molar refractivity (Wildman–Crippen MR) is 134 cm³/mol. The highest BCUT2D eigenvalue weighted by atomic mass is 19.1. The molecule has 3 aliphatic rings. The number of nitrogens with zero attached hydrogens (tertiary/aromatic N) is 3. The Morgan fingerprint density at radius 1 is 1.05 bits per heavy atom. The quantitative estimate of drug-likeness (QED) is 0.472. The maximum absolute atomic E-state index is 14.5. The highest BCUT2D eigenvalue weighted by Gasteiger charge is 2.51. The number of amides is 2. The van der Waals surface area contributed by atoms with Crippen LogP contribution in [0.4, 0.5) is 13.2 Å². The number of aromatic nitrogens is 2. The molecule has 2 N–H and O–H groups in total. The molecule has 39 heavy (non-hydrogen) atoms. The zero-order valence-electron chi connectivity index (χ0n) is 21.1. The third kappa shape index (κ3) is 5.03. The van der Waals surface area contributed by atoms with E-state index < -0.39 is 40.9 Å². The van der Waals surface area contributed by atoms with Gasteiger partial charge in [-0.25, -0.2) is 13.2 Å². The fourth-order valence-corrected chi connectivity index (χ4v) is 5.55. The lowest BCUT2D eigenvalue weighted by Gasteiger charge is -2.45. The maximum atomic E-state index is 14.5. The normalized spacial score (nSPS) is 22.6. The number of pyridine rings is 1. The van der Waals surface area contributed by atoms with Gasteiger partial charge in [0.1, 0.15) is 23.1 Å². The van der Waals surface area contributed by atoms with Crippen molar-refractivity contribution in [3.05, 3.63) is 71.4 Å². The van der Waals surface area contributed by atoms with Gasteiger partial charge in [0, 0.05) is 43.5 Å². The molecule has 2 aromatic heterocycles. The number of carbonyl (C=O) groups excluding carboxylic acids is 2. The van der Waals surface area contributed by atoms with Gasteiger partial charge in [-0.15, -0.1) is 0 Å². The van der Waals surface area contributed by atoms with Crippen LogP contribution in [0.3, 0.4) is 0 Å². The van der Waals surface area contributed by atoms with Gasteiger partial charge in [-0.2, -0.15) is 0 Å². The summed E-state index contributed by atoms with van der Waals surface area (Å²) in [5, 5.41) is 9.73. The van der Waals surface area contributed by atoms with E-state index in [1.54, 1.807) is 0 Å². The van der Waals surface area contributed by atoms with E-state index in [0.717, 1.165) is 37.9 Å². The molecular formula is C28H28F3N5O3. The minimum Gasteiger partial charge on any atom is -0.355 e. The summed E-state index contributed by atoms with van der Waals surface area (Å²) in [6, 6.07) is 7.07. The molecule has 3 fully saturated rings. The number of halogens is 3. The lowest BCUT2D eigenvalue weighted by molar-refractivity contribution is -0.129. The zero-order valence-corrected chi connectivity index (χ0v) is 21.1. The summed E-state index contributed by atoms with van der Waals surface area (Å²) >= 11 is 0. The Morgan fingerprint density at radius 2 is 1.87 bits per heavy atom. The van der Waals surface area contributed by atoms with Crippen molar-refractivity contribution in [1.82, 2.24) is 25.7 Å². The molecule has 0 spiro atoms. The summed E-state index contributed by atoms with van der Waals surface area (Å²) < 4.78 is 47.1. The molecule has 2 aliphatic carbocycles. The fourth-order valence-electron chi connectivity index (χ4n) is 5.55. The maximum Gasteiger partial charge on any atom is 0.273 e. The molecule has 2 atom stereocenters. The van der Waals surface area contributed by atoms with Crippen molar-refractivity contribution >= 4 is 11.8 Å². The first-order valence-corrected chi connectivity index (χ1v) is 13.2. The van der Waals surface area contributed by atoms with E-state index in [4.69, 9.17) is 4.52 Å². The van der Waals surface area contributed by atoms with Crippen LogP contribution in [0.2, 0.25) is 0 Å². The molecule has 204 valence electrons. The largest absolute Gasteiger partial charge is 0.355 e. The van der Waals surface area contributed by atoms with Gasteiger partial charge in [-0.3, -0.25) is 19.5 Å². The standard InChI is InChI=1S/C28H28F3N5O3/c29-16-6-7-18(21(31)13-16)24-14-23(35-39-24)27(38)33-22-8-12-36(17-3-1-4-17)15-19(22)26(37)34-28(9-10-28)25-20(30)5-2-11-32-25/h2,5-7,11,13-14,17,19,22H,1,3-4,8-10,12,15H2,(H,33,38)(H,34,37)/t19-,22-/m0/s1. The number of hydrogen-bond donors (Lipinski definition) is 2. The Morgan fingerprint density at radius 3 is 2.56 bits per heavy atom. The summed E-state index contributed by atoms with van der Waals surface area (Å²) in [6.45, 7) is 1.19. The van der Waals surface area contributed by atoms with Gasteiger partial charge in [0.25, 0.3) is 5.91 Å². The van der Waals surface area contributed by atoms with Gasteiger partial charge in [0.05, 0.1) is 17.0 Å². The number of hydrogen-bond acceptors (Lipinski definition) is 6. The summed E-state index contributed by atoms with van der Waals surface area (Å²) in [5.74, 6) is -3.44. The molecule has 1 aromatic carbocycles. The third-order valence-corrected chi connectivity index (χ3v) is 8.15. The summed E-state index contributed by atoms with van der Waals surface area (Å²) in [5.41, 5.74) is -0.710. The van der Waals surface area contributed by atoms with E-state index in [1.165, 1.54) is 30.5 Å². The molecule has 8 nitrogen and oxygen atoms in total. The smallest absolute Gasteiger partial charge is 0.273 e. The zero-order chi connectivity index (χ0) is 27.1. The SMILES string of the molecule is O=C(N[C@H]1CCN(C2CCC2)C[C@@H]1C(=O)NC1(c2ncccc2F)CC1)c1cc(-c2ccc(F)cc2F)on1. The van der Waals surface area contributed by atoms with Crippen molar-refractivity contribution in [2.45, 2.75) is 56.1 Å². The highest BCUT2D eigenvalue weighted by molar-refractivity contribution is 5.94. The molecule has 0 bridgehead atoms. The van der Waals surface area contributed by atoms with Gasteiger partial charge in [0.2, 0.25) is 5.91 Å². The molecule has 1 aliphatic heterocycles. The van der Waals surface area contributed by atoms with E-state index in [9.17, 15) is 22.8 Å². The second kappa shape index (κ2) is 10.1. The molecule has 0 radical (unpaired) electrons. The van der Waals surface area contributed by atoms with Crippen LogP contribution in [0.1, 0.15) is 54.7 Å². The minimum atomic E-state index is -0.837. The lowest BCUT2D eigenvalue weighted by Crippen LogP contribution is -2.59. The Bertz CT molecular complexity index is 1400. The van der Waals surface area contributed by atoms with Gasteiger partial charge in [-0.05, 0) is 56.4 Å². The summed E-state index contributed by atoms with van der Waals surface area (Å²) in [4.78, 5) is 33.2. The van der Waals surface area contributed by atoms with Crippen molar-refractivity contribution in [3.63, 3.8) is 0 Å². The highest BCUT2D eigenvalue weighted by Crippen LogP contribution is 2.46. The number of carbonyl (C=O) groups is 2. The minimum absolute atomic E-state index is 0.0141. The van der Waals surface area contributed by atoms with Crippen molar-refractivity contribution in [2.75, 3.05) is 13.1 Å². The summed E-state index contributed by atoms with van der Waals surface area (Å²) in [7, 11) is 0. The number of benzene rings is 1. The van der Waals surface area contributed by atoms with Gasteiger partial charge in [0.15, 0.2) is 11.5 Å². The van der Waals surface area contributed by atoms with Crippen LogP contribution < -0.4 is 10.6 Å². The van der Waals surface area contributed by atoms with Crippen LogP contribution in [0.25, 0.3) is 11.3 Å². The Hall–Kier alpha value is -3.73. The Balaban J connectivity index is 1.19. The second-order valence-corrected chi connectivity index (χ2v) is 10.7. The molecule has 1 saturated heterocycles. The van der Waals surface area contributed by atoms with Crippen LogP contribution in [-0.2, 0) is 10.3 Å². The fraction of sp³-hybridized carbons (Fsp3) is 0.429. The molecule has 11 heteroatoms. The number of likely N-dealkylation sites (tertiary alicyclic amines) is 1. The number of piperidine rings is 1. The van der Waals surface area contributed by atoms with Crippen LogP contribution in [-0.4, -0.2) is 52.0 Å². The first kappa shape index (κ1) is 25.5. The number of rotatable bonds is 7. The van der Waals surface area contributed by atoms with Crippen LogP contribution >= 0.6 is 0 Å². The molecular weight excluding hydrogens is 511 g/mol. The average molecular weight is 540 g/mol. The van der Waals surface area contributed by atoms with E-state index in [2.05, 4.69) is 25.7 Å². The average Bonchev–Trinajstić information content (AvgIpc) is 3.48. The predicted octanol–water partition coefficient (Wildman–Crippen LogP) is 3.93. The van der Waals surface area contributed by atoms with Crippen LogP contribution in [0, 0.1) is 23.4 Å². The lowest BCUT2D eigenvalue weighted by atomic mass is 9.85. The Kier molecular flexibility index (Phi) is 6.62. The molecule has 3 heterocycles. The van der Waals surface area contributed by atoms with E-state index in [0.29, 0.717) is 31.8 Å². The molecule has 2 saturated carbocycles. The van der Waals surface area contributed by atoms with Crippen LogP contribution in [0.15, 0.2) is 47.1 Å². The summed E-state index contributed by atoms with van der Waals surface area (Å²) in [6.07, 6.45) is 6.55. The first-order valence-electron chi connectivity index (χ1n) is 13.2. The third-order valence-electron chi connectivity index (χ3n) is 8.15. The van der Waals surface area contributed by atoms with E-state index in [-0.39, 0.29) is 28.6 Å². The Labute approximate surface area is 223 Å². The van der Waals surface area contributed by atoms with E-state index >= 15 is 0 Å². The monoisotopic (exact) mass is 539 g/mol. The first-order chi connectivity index (χ1) is 18.8. The molecule has 0 unspecified atom stereocenters. The van der Waals surface area contributed by atoms with Gasteiger partial charge < -0.3 is 15.2 Å². The van der Waals surface area contributed by atoms with Gasteiger partial charge >= 0.3 is 0 Å². The van der Waals surface area contributed by atoms with Gasteiger partial charge in [-0.1, -0.05) is 11.6 Å². The topological polar surface area (TPSA) is 100 Å². The molecule has 2 amide bonds. The molecule has 6 rings (SSSR count). The van der Waals surface area contributed by atoms with E-state index in [1.807, 2.05) is 0 Å². The molecule has 3 aromatic rings. The van der Waals surface area contributed by atoms with Crippen molar-refractivity contribution in [2.24, 2.45) is 5.92 Å².